The lowest BCUT2D eigenvalue weighted by molar-refractivity contribution is -0.528. The SMILES string of the molecule is C=CC(CCCCC)OOOCC(CCCCCC)OO. The molecule has 0 aliphatic rings. The van der Waals surface area contributed by atoms with E-state index in [1.54, 1.807) is 6.08 Å². The van der Waals surface area contributed by atoms with Crippen molar-refractivity contribution in [1.82, 2.24) is 0 Å². The monoisotopic (exact) mass is 304 g/mol. The molecule has 21 heavy (non-hydrogen) atoms. The fraction of sp³-hybridized carbons (Fsp3) is 0.875. The molecule has 0 aliphatic heterocycles. The summed E-state index contributed by atoms with van der Waals surface area (Å²) in [6, 6.07) is 0. The van der Waals surface area contributed by atoms with Crippen molar-refractivity contribution in [2.75, 3.05) is 6.61 Å². The van der Waals surface area contributed by atoms with E-state index in [1.807, 2.05) is 0 Å². The van der Waals surface area contributed by atoms with Crippen LogP contribution in [0.3, 0.4) is 0 Å². The van der Waals surface area contributed by atoms with Crippen LogP contribution in [-0.4, -0.2) is 24.1 Å². The first-order valence-electron chi connectivity index (χ1n) is 8.16. The molecule has 0 amide bonds. The van der Waals surface area contributed by atoms with E-state index >= 15 is 0 Å². The number of rotatable bonds is 16. The first-order chi connectivity index (χ1) is 10.3. The van der Waals surface area contributed by atoms with E-state index in [9.17, 15) is 0 Å². The van der Waals surface area contributed by atoms with Crippen LogP contribution in [0.4, 0.5) is 0 Å². The Labute approximate surface area is 129 Å². The van der Waals surface area contributed by atoms with Crippen LogP contribution in [0.2, 0.25) is 0 Å². The van der Waals surface area contributed by atoms with Crippen molar-refractivity contribution in [2.45, 2.75) is 83.8 Å². The summed E-state index contributed by atoms with van der Waals surface area (Å²) in [5, 5.41) is 13.5. The molecule has 0 aromatic carbocycles. The molecule has 0 aromatic heterocycles. The molecule has 0 aromatic rings. The van der Waals surface area contributed by atoms with Gasteiger partial charge in [-0.1, -0.05) is 69.9 Å². The fourth-order valence-corrected chi connectivity index (χ4v) is 1.95. The molecule has 0 saturated heterocycles. The Kier molecular flexibility index (Phi) is 15.6. The highest BCUT2D eigenvalue weighted by molar-refractivity contribution is 4.78. The van der Waals surface area contributed by atoms with E-state index in [1.165, 1.54) is 12.8 Å². The van der Waals surface area contributed by atoms with E-state index < -0.39 is 0 Å². The Balaban J connectivity index is 3.61. The molecule has 0 heterocycles. The van der Waals surface area contributed by atoms with Gasteiger partial charge in [0.15, 0.2) is 0 Å². The summed E-state index contributed by atoms with van der Waals surface area (Å²) in [5.41, 5.74) is 0. The van der Waals surface area contributed by atoms with Gasteiger partial charge in [-0.3, -0.25) is 5.26 Å². The molecule has 0 spiro atoms. The van der Waals surface area contributed by atoms with Crippen LogP contribution in [0.15, 0.2) is 12.7 Å². The van der Waals surface area contributed by atoms with E-state index in [4.69, 9.17) is 20.1 Å². The lowest BCUT2D eigenvalue weighted by Gasteiger charge is -2.14. The largest absolute Gasteiger partial charge is 0.251 e. The lowest BCUT2D eigenvalue weighted by Crippen LogP contribution is -2.20. The van der Waals surface area contributed by atoms with Gasteiger partial charge in [0.05, 0.1) is 0 Å². The van der Waals surface area contributed by atoms with Crippen LogP contribution in [0.1, 0.15) is 71.6 Å². The second kappa shape index (κ2) is 15.9. The average Bonchev–Trinajstić information content (AvgIpc) is 2.51. The second-order valence-electron chi connectivity index (χ2n) is 5.30. The summed E-state index contributed by atoms with van der Waals surface area (Å²) >= 11 is 0. The van der Waals surface area contributed by atoms with Gasteiger partial charge < -0.3 is 0 Å². The molecule has 2 unspecified atom stereocenters. The van der Waals surface area contributed by atoms with E-state index in [2.05, 4.69) is 25.3 Å². The van der Waals surface area contributed by atoms with Crippen LogP contribution >= 0.6 is 0 Å². The molecule has 2 atom stereocenters. The first-order valence-corrected chi connectivity index (χ1v) is 8.16. The third-order valence-corrected chi connectivity index (χ3v) is 3.35. The molecule has 0 fully saturated rings. The van der Waals surface area contributed by atoms with Crippen molar-refractivity contribution in [2.24, 2.45) is 0 Å². The highest BCUT2D eigenvalue weighted by atomic mass is 17.5. The quantitative estimate of drug-likeness (QED) is 0.191. The van der Waals surface area contributed by atoms with Gasteiger partial charge in [0.25, 0.3) is 0 Å². The third kappa shape index (κ3) is 13.0. The summed E-state index contributed by atoms with van der Waals surface area (Å²) in [5.74, 6) is 0. The predicted octanol–water partition coefficient (Wildman–Crippen LogP) is 4.83. The smallest absolute Gasteiger partial charge is 0.119 e. The van der Waals surface area contributed by atoms with Crippen LogP contribution in [-0.2, 0) is 19.7 Å². The molecule has 0 radical (unpaired) electrons. The van der Waals surface area contributed by atoms with Crippen LogP contribution in [0, 0.1) is 0 Å². The van der Waals surface area contributed by atoms with E-state index in [0.717, 1.165) is 44.9 Å². The molecule has 126 valence electrons. The topological polar surface area (TPSA) is 57.2 Å². The molecule has 0 saturated carbocycles. The lowest BCUT2D eigenvalue weighted by atomic mass is 10.1. The highest BCUT2D eigenvalue weighted by Gasteiger charge is 2.11. The van der Waals surface area contributed by atoms with Crippen molar-refractivity contribution >= 4 is 0 Å². The molecule has 0 bridgehead atoms. The van der Waals surface area contributed by atoms with Crippen molar-refractivity contribution in [3.05, 3.63) is 12.7 Å². The maximum Gasteiger partial charge on any atom is 0.119 e. The molecular weight excluding hydrogens is 272 g/mol. The number of unbranched alkanes of at least 4 members (excludes halogenated alkanes) is 5. The summed E-state index contributed by atoms with van der Waals surface area (Å²) in [7, 11) is 0. The van der Waals surface area contributed by atoms with Crippen LogP contribution in [0.25, 0.3) is 0 Å². The summed E-state index contributed by atoms with van der Waals surface area (Å²) in [4.78, 5) is 14.4. The minimum atomic E-state index is -0.382. The molecule has 1 N–H and O–H groups in total. The van der Waals surface area contributed by atoms with Crippen molar-refractivity contribution in [3.63, 3.8) is 0 Å². The Hall–Kier alpha value is -0.460. The normalized spacial score (nSPS) is 14.0. The van der Waals surface area contributed by atoms with Gasteiger partial charge in [-0.15, -0.1) is 6.58 Å². The van der Waals surface area contributed by atoms with Gasteiger partial charge in [-0.05, 0) is 12.8 Å². The van der Waals surface area contributed by atoms with Crippen LogP contribution < -0.4 is 0 Å². The molecule has 0 rings (SSSR count). The summed E-state index contributed by atoms with van der Waals surface area (Å²) < 4.78 is 0. The number of hydrogen-bond donors (Lipinski definition) is 1. The highest BCUT2D eigenvalue weighted by Crippen LogP contribution is 2.10. The maximum absolute atomic E-state index is 8.79. The zero-order chi connectivity index (χ0) is 15.8. The van der Waals surface area contributed by atoms with E-state index in [-0.39, 0.29) is 18.8 Å². The zero-order valence-electron chi connectivity index (χ0n) is 13.6. The average molecular weight is 304 g/mol. The number of hydrogen-bond acceptors (Lipinski definition) is 5. The zero-order valence-corrected chi connectivity index (χ0v) is 13.6. The predicted molar refractivity (Wildman–Crippen MR) is 82.5 cm³/mol. The Morgan fingerprint density at radius 3 is 2.29 bits per heavy atom. The van der Waals surface area contributed by atoms with Gasteiger partial charge in [0.1, 0.15) is 18.8 Å². The first kappa shape index (κ1) is 20.5. The van der Waals surface area contributed by atoms with Gasteiger partial charge in [0.2, 0.25) is 0 Å². The van der Waals surface area contributed by atoms with Crippen molar-refractivity contribution < 1.29 is 25.0 Å². The van der Waals surface area contributed by atoms with Crippen molar-refractivity contribution in [1.29, 1.82) is 0 Å². The Bertz CT molecular complexity index is 223. The molecule has 5 heteroatoms. The van der Waals surface area contributed by atoms with Crippen molar-refractivity contribution in [3.8, 4) is 0 Å². The van der Waals surface area contributed by atoms with Gasteiger partial charge in [-0.2, -0.15) is 4.89 Å². The van der Waals surface area contributed by atoms with Crippen LogP contribution in [0.5, 0.6) is 0 Å². The Morgan fingerprint density at radius 2 is 1.67 bits per heavy atom. The maximum atomic E-state index is 8.79. The summed E-state index contributed by atoms with van der Waals surface area (Å²) in [6.07, 6.45) is 10.6. The van der Waals surface area contributed by atoms with Gasteiger partial charge >= 0.3 is 0 Å². The minimum Gasteiger partial charge on any atom is -0.251 e. The molecule has 5 nitrogen and oxygen atoms in total. The van der Waals surface area contributed by atoms with Gasteiger partial charge in [-0.25, -0.2) is 9.78 Å². The minimum absolute atomic E-state index is 0.140. The summed E-state index contributed by atoms with van der Waals surface area (Å²) in [6.45, 7) is 8.15. The Morgan fingerprint density at radius 1 is 1.00 bits per heavy atom. The standard InChI is InChI=1S/C16H32O5/c1-4-7-9-11-13-16(19-17)14-18-21-20-15(6-3)12-10-8-5-2/h6,15-17H,3-5,7-14H2,1-2H3. The van der Waals surface area contributed by atoms with E-state index in [0.29, 0.717) is 0 Å². The second-order valence-corrected chi connectivity index (χ2v) is 5.30. The molecule has 0 aliphatic carbocycles. The fourth-order valence-electron chi connectivity index (χ4n) is 1.95. The third-order valence-electron chi connectivity index (χ3n) is 3.35. The van der Waals surface area contributed by atoms with Gasteiger partial charge in [0, 0.05) is 0 Å². The molecular formula is C16H32O5.